The van der Waals surface area contributed by atoms with Gasteiger partial charge in [-0.1, -0.05) is 31.2 Å². The highest BCUT2D eigenvalue weighted by molar-refractivity contribution is 7.89. The molecule has 1 N–H and O–H groups in total. The second kappa shape index (κ2) is 10.5. The predicted octanol–water partition coefficient (Wildman–Crippen LogP) is 3.95. The molecule has 0 unspecified atom stereocenters. The van der Waals surface area contributed by atoms with Gasteiger partial charge in [0.05, 0.1) is 16.2 Å². The zero-order valence-electron chi connectivity index (χ0n) is 18.7. The summed E-state index contributed by atoms with van der Waals surface area (Å²) in [5, 5.41) is 4.89. The van der Waals surface area contributed by atoms with Gasteiger partial charge in [-0.25, -0.2) is 18.2 Å². The fraction of sp³-hybridized carbons (Fsp3) is 0.292. The molecule has 1 amide bonds. The summed E-state index contributed by atoms with van der Waals surface area (Å²) in [5.74, 6) is -1.22. The van der Waals surface area contributed by atoms with Gasteiger partial charge in [0.2, 0.25) is 10.0 Å². The molecule has 0 spiro atoms. The van der Waals surface area contributed by atoms with Crippen LogP contribution in [0.5, 0.6) is 0 Å². The van der Waals surface area contributed by atoms with Crippen LogP contribution in [0.4, 0.5) is 5.13 Å². The van der Waals surface area contributed by atoms with Gasteiger partial charge in [0, 0.05) is 24.0 Å². The highest BCUT2D eigenvalue weighted by atomic mass is 32.2. The number of carbonyl (C=O) groups excluding carboxylic acids is 2. The quantitative estimate of drug-likeness (QED) is 0.471. The van der Waals surface area contributed by atoms with Crippen LogP contribution < -0.4 is 5.32 Å². The van der Waals surface area contributed by atoms with Crippen molar-refractivity contribution in [2.45, 2.75) is 31.1 Å². The Labute approximate surface area is 202 Å². The van der Waals surface area contributed by atoms with Crippen LogP contribution in [0.25, 0.3) is 11.3 Å². The van der Waals surface area contributed by atoms with Gasteiger partial charge in [-0.3, -0.25) is 10.1 Å². The number of rotatable bonds is 8. The number of amides is 1. The van der Waals surface area contributed by atoms with E-state index in [0.717, 1.165) is 30.5 Å². The Morgan fingerprint density at radius 3 is 2.38 bits per heavy atom. The Hall–Kier alpha value is -3.08. The lowest BCUT2D eigenvalue weighted by Crippen LogP contribution is -2.27. The van der Waals surface area contributed by atoms with Crippen LogP contribution in [0.1, 0.15) is 35.7 Å². The molecule has 0 radical (unpaired) electrons. The molecule has 2 aromatic carbocycles. The van der Waals surface area contributed by atoms with Crippen molar-refractivity contribution >= 4 is 38.4 Å². The summed E-state index contributed by atoms with van der Waals surface area (Å²) in [6.07, 6.45) is 2.65. The van der Waals surface area contributed by atoms with E-state index in [1.165, 1.54) is 45.5 Å². The average molecular weight is 500 g/mol. The Bertz CT molecular complexity index is 1260. The number of thiazole rings is 1. The fourth-order valence-corrected chi connectivity index (χ4v) is 5.84. The minimum Gasteiger partial charge on any atom is -0.452 e. The third-order valence-electron chi connectivity index (χ3n) is 5.54. The monoisotopic (exact) mass is 499 g/mol. The molecule has 4 rings (SSSR count). The number of aryl methyl sites for hydroxylation is 1. The van der Waals surface area contributed by atoms with Crippen molar-refractivity contribution in [1.29, 1.82) is 0 Å². The van der Waals surface area contributed by atoms with Crippen molar-refractivity contribution in [2.24, 2.45) is 0 Å². The van der Waals surface area contributed by atoms with Crippen molar-refractivity contribution in [3.05, 3.63) is 65.0 Å². The third kappa shape index (κ3) is 5.52. The maximum Gasteiger partial charge on any atom is 0.338 e. The van der Waals surface area contributed by atoms with Crippen LogP contribution in [0.3, 0.4) is 0 Å². The first kappa shape index (κ1) is 24.1. The molecule has 1 aromatic heterocycles. The zero-order chi connectivity index (χ0) is 24.1. The summed E-state index contributed by atoms with van der Waals surface area (Å²) in [6.45, 7) is 2.63. The molecule has 1 saturated heterocycles. The van der Waals surface area contributed by atoms with E-state index in [4.69, 9.17) is 4.74 Å². The van der Waals surface area contributed by atoms with Crippen LogP contribution >= 0.6 is 11.3 Å². The molecule has 1 aliphatic rings. The number of aromatic nitrogens is 1. The minimum atomic E-state index is -3.55. The van der Waals surface area contributed by atoms with E-state index in [2.05, 4.69) is 17.2 Å². The molecule has 2 heterocycles. The number of hydrogen-bond acceptors (Lipinski definition) is 7. The minimum absolute atomic E-state index is 0.132. The fourth-order valence-electron chi connectivity index (χ4n) is 3.59. The van der Waals surface area contributed by atoms with Crippen LogP contribution in [-0.2, 0) is 26.0 Å². The molecule has 1 fully saturated rings. The second-order valence-corrected chi connectivity index (χ2v) is 10.6. The first-order valence-electron chi connectivity index (χ1n) is 11.0. The number of esters is 1. The van der Waals surface area contributed by atoms with Crippen molar-refractivity contribution in [3.63, 3.8) is 0 Å². The number of carbonyl (C=O) groups is 2. The molecule has 0 atom stereocenters. The predicted molar refractivity (Wildman–Crippen MR) is 130 cm³/mol. The third-order valence-corrected chi connectivity index (χ3v) is 8.21. The van der Waals surface area contributed by atoms with Gasteiger partial charge in [-0.2, -0.15) is 4.31 Å². The van der Waals surface area contributed by atoms with E-state index in [-0.39, 0.29) is 10.5 Å². The molecule has 8 nitrogen and oxygen atoms in total. The average Bonchev–Trinajstić information content (AvgIpc) is 3.56. The maximum absolute atomic E-state index is 12.6. The van der Waals surface area contributed by atoms with Gasteiger partial charge in [0.15, 0.2) is 11.7 Å². The van der Waals surface area contributed by atoms with E-state index in [1.807, 2.05) is 29.6 Å². The number of hydrogen-bond donors (Lipinski definition) is 1. The molecule has 34 heavy (non-hydrogen) atoms. The normalized spacial score (nSPS) is 14.1. The topological polar surface area (TPSA) is 106 Å². The maximum atomic E-state index is 12.6. The van der Waals surface area contributed by atoms with E-state index in [1.54, 1.807) is 0 Å². The SMILES string of the molecule is CCc1ccc(-c2csc(NC(=O)COC(=O)c3ccc(S(=O)(=O)N4CCCC4)cc3)n2)cc1. The number of nitrogens with zero attached hydrogens (tertiary/aromatic N) is 2. The number of ether oxygens (including phenoxy) is 1. The molecule has 3 aromatic rings. The summed E-state index contributed by atoms with van der Waals surface area (Å²) in [6, 6.07) is 13.6. The van der Waals surface area contributed by atoms with Gasteiger partial charge in [-0.05, 0) is 49.1 Å². The van der Waals surface area contributed by atoms with Crippen molar-refractivity contribution < 1.29 is 22.7 Å². The smallest absolute Gasteiger partial charge is 0.338 e. The lowest BCUT2D eigenvalue weighted by Gasteiger charge is -2.15. The summed E-state index contributed by atoms with van der Waals surface area (Å²) in [7, 11) is -3.55. The van der Waals surface area contributed by atoms with E-state index < -0.39 is 28.5 Å². The van der Waals surface area contributed by atoms with Gasteiger partial charge in [0.1, 0.15) is 0 Å². The Balaban J connectivity index is 1.30. The highest BCUT2D eigenvalue weighted by Gasteiger charge is 2.27. The van der Waals surface area contributed by atoms with Gasteiger partial charge in [-0.15, -0.1) is 11.3 Å². The largest absolute Gasteiger partial charge is 0.452 e. The van der Waals surface area contributed by atoms with E-state index >= 15 is 0 Å². The summed E-state index contributed by atoms with van der Waals surface area (Å²) in [4.78, 5) is 29.0. The van der Waals surface area contributed by atoms with Gasteiger partial charge < -0.3 is 4.74 Å². The molecule has 0 bridgehead atoms. The lowest BCUT2D eigenvalue weighted by molar-refractivity contribution is -0.119. The molecule has 0 saturated carbocycles. The van der Waals surface area contributed by atoms with Gasteiger partial charge in [0.25, 0.3) is 5.91 Å². The Morgan fingerprint density at radius 1 is 1.06 bits per heavy atom. The first-order chi connectivity index (χ1) is 16.4. The number of benzene rings is 2. The Morgan fingerprint density at radius 2 is 1.74 bits per heavy atom. The molecule has 10 heteroatoms. The molecule has 178 valence electrons. The van der Waals surface area contributed by atoms with E-state index in [0.29, 0.717) is 18.2 Å². The number of anilines is 1. The van der Waals surface area contributed by atoms with Gasteiger partial charge >= 0.3 is 5.97 Å². The van der Waals surface area contributed by atoms with Crippen LogP contribution in [0, 0.1) is 0 Å². The lowest BCUT2D eigenvalue weighted by atomic mass is 10.1. The summed E-state index contributed by atoms with van der Waals surface area (Å²) in [5.41, 5.74) is 3.11. The van der Waals surface area contributed by atoms with E-state index in [9.17, 15) is 18.0 Å². The van der Waals surface area contributed by atoms with Crippen LogP contribution in [0.15, 0.2) is 58.8 Å². The Kier molecular flexibility index (Phi) is 7.40. The van der Waals surface area contributed by atoms with Crippen LogP contribution in [-0.4, -0.2) is 49.3 Å². The van der Waals surface area contributed by atoms with Crippen molar-refractivity contribution in [1.82, 2.24) is 9.29 Å². The van der Waals surface area contributed by atoms with Crippen molar-refractivity contribution in [2.75, 3.05) is 25.0 Å². The molecule has 1 aliphatic heterocycles. The number of sulfonamides is 1. The first-order valence-corrected chi connectivity index (χ1v) is 13.3. The standard InChI is InChI=1S/C24H25N3O5S2/c1-2-17-5-7-18(8-6-17)21-16-33-24(25-21)26-22(28)15-32-23(29)19-9-11-20(12-10-19)34(30,31)27-13-3-4-14-27/h5-12,16H,2-4,13-15H2,1H3,(H,25,26,28). The summed E-state index contributed by atoms with van der Waals surface area (Å²) < 4.78 is 31.7. The molecular weight excluding hydrogens is 474 g/mol. The highest BCUT2D eigenvalue weighted by Crippen LogP contribution is 2.25. The molecule has 0 aliphatic carbocycles. The van der Waals surface area contributed by atoms with Crippen molar-refractivity contribution in [3.8, 4) is 11.3 Å². The summed E-state index contributed by atoms with van der Waals surface area (Å²) >= 11 is 1.28. The second-order valence-electron chi connectivity index (χ2n) is 7.85. The molecular formula is C24H25N3O5S2. The zero-order valence-corrected chi connectivity index (χ0v) is 20.3. The van der Waals surface area contributed by atoms with Crippen LogP contribution in [0.2, 0.25) is 0 Å². The number of nitrogens with one attached hydrogen (secondary N) is 1.